The van der Waals surface area contributed by atoms with Gasteiger partial charge in [-0.05, 0) is 26.9 Å². The lowest BCUT2D eigenvalue weighted by Crippen LogP contribution is -2.63. The average molecular weight is 232 g/mol. The van der Waals surface area contributed by atoms with Crippen molar-refractivity contribution in [2.24, 2.45) is 0 Å². The van der Waals surface area contributed by atoms with E-state index in [0.29, 0.717) is 0 Å². The first kappa shape index (κ1) is 13.1. The predicted molar refractivity (Wildman–Crippen MR) is 63.5 cm³/mol. The molecule has 4 nitrogen and oxygen atoms in total. The minimum Gasteiger partial charge on any atom is -0.371 e. The van der Waals surface area contributed by atoms with Crippen LogP contribution < -0.4 is 0 Å². The largest absolute Gasteiger partial charge is 0.522 e. The Hall–Kier alpha value is 0.0569. The molecule has 1 rings (SSSR count). The Morgan fingerprint density at radius 3 is 1.53 bits per heavy atom. The summed E-state index contributed by atoms with van der Waals surface area (Å²) in [5.74, 6) is 0. The van der Waals surface area contributed by atoms with Crippen molar-refractivity contribution >= 4 is 8.88 Å². The van der Waals surface area contributed by atoms with E-state index in [4.69, 9.17) is 8.85 Å². The van der Waals surface area contributed by atoms with Crippen LogP contribution in [0.15, 0.2) is 0 Å². The van der Waals surface area contributed by atoms with E-state index in [1.165, 1.54) is 0 Å². The molecule has 0 bridgehead atoms. The van der Waals surface area contributed by atoms with Crippen LogP contribution >= 0.6 is 0 Å². The molecule has 1 aliphatic heterocycles. The monoisotopic (exact) mass is 232 g/mol. The van der Waals surface area contributed by atoms with Gasteiger partial charge in [0.15, 0.2) is 0 Å². The first-order valence-corrected chi connectivity index (χ1v) is 7.74. The van der Waals surface area contributed by atoms with Crippen molar-refractivity contribution in [2.75, 3.05) is 39.4 Å². The maximum atomic E-state index is 6.01. The molecule has 0 aromatic rings. The summed E-state index contributed by atoms with van der Waals surface area (Å²) in [6, 6.07) is 0. The second-order valence-corrected chi connectivity index (χ2v) is 6.51. The summed E-state index contributed by atoms with van der Waals surface area (Å²) in [6.45, 7) is 14.1. The molecule has 0 aromatic carbocycles. The van der Waals surface area contributed by atoms with Gasteiger partial charge in [-0.25, -0.2) is 0 Å². The van der Waals surface area contributed by atoms with Crippen molar-refractivity contribution in [2.45, 2.75) is 27.7 Å². The van der Waals surface area contributed by atoms with E-state index in [1.54, 1.807) is 0 Å². The maximum absolute atomic E-state index is 6.01. The van der Waals surface area contributed by atoms with Gasteiger partial charge in [0.1, 0.15) is 0 Å². The molecule has 0 spiro atoms. The fourth-order valence-corrected chi connectivity index (χ4v) is 5.75. The second-order valence-electron chi connectivity index (χ2n) is 3.57. The zero-order valence-corrected chi connectivity index (χ0v) is 11.5. The minimum atomic E-state index is -2.22. The van der Waals surface area contributed by atoms with Gasteiger partial charge in [0.25, 0.3) is 0 Å². The summed E-state index contributed by atoms with van der Waals surface area (Å²) in [7, 11) is -2.22. The Balaban J connectivity index is 2.84. The van der Waals surface area contributed by atoms with Crippen molar-refractivity contribution in [1.29, 1.82) is 0 Å². The van der Waals surface area contributed by atoms with Crippen LogP contribution in [0.4, 0.5) is 0 Å². The molecule has 0 aromatic heterocycles. The van der Waals surface area contributed by atoms with Crippen LogP contribution in [0.25, 0.3) is 0 Å². The van der Waals surface area contributed by atoms with Crippen molar-refractivity contribution in [3.63, 3.8) is 0 Å². The zero-order chi connectivity index (χ0) is 11.3. The molecule has 0 aliphatic carbocycles. The highest BCUT2D eigenvalue weighted by Crippen LogP contribution is 2.24. The molecule has 0 atom stereocenters. The third-order valence-corrected chi connectivity index (χ3v) is 6.87. The van der Waals surface area contributed by atoms with Crippen LogP contribution in [0.3, 0.4) is 0 Å². The normalized spacial score (nSPS) is 22.4. The molecule has 0 unspecified atom stereocenters. The van der Waals surface area contributed by atoms with Crippen molar-refractivity contribution in [1.82, 2.24) is 9.13 Å². The fraction of sp³-hybridized carbons (Fsp3) is 1.00. The average Bonchev–Trinajstić information content (AvgIpc) is 2.57. The fourth-order valence-electron chi connectivity index (χ4n) is 2.22. The number of nitrogens with zero attached hydrogens (tertiary/aromatic N) is 2. The quantitative estimate of drug-likeness (QED) is 0.642. The SMILES string of the molecule is CCO[Si]1(OCC)N(CC)CCN1CC. The van der Waals surface area contributed by atoms with Crippen LogP contribution in [-0.2, 0) is 8.85 Å². The van der Waals surface area contributed by atoms with Gasteiger partial charge in [-0.1, -0.05) is 13.8 Å². The molecular weight excluding hydrogens is 208 g/mol. The molecule has 0 saturated carbocycles. The van der Waals surface area contributed by atoms with Gasteiger partial charge < -0.3 is 8.85 Å². The Kier molecular flexibility index (Phi) is 5.21. The van der Waals surface area contributed by atoms with Crippen molar-refractivity contribution in [3.8, 4) is 0 Å². The Bertz CT molecular complexity index is 172. The Morgan fingerprint density at radius 1 is 0.867 bits per heavy atom. The van der Waals surface area contributed by atoms with E-state index in [2.05, 4.69) is 23.0 Å². The highest BCUT2D eigenvalue weighted by molar-refractivity contribution is 6.62. The summed E-state index contributed by atoms with van der Waals surface area (Å²) in [5, 5.41) is 0. The van der Waals surface area contributed by atoms with Gasteiger partial charge >= 0.3 is 8.88 Å². The number of likely N-dealkylation sites (N-methyl/N-ethyl adjacent to an activating group) is 2. The summed E-state index contributed by atoms with van der Waals surface area (Å²) >= 11 is 0. The van der Waals surface area contributed by atoms with Gasteiger partial charge in [-0.15, -0.1) is 0 Å². The standard InChI is InChI=1S/C10H24N2O2Si/c1-5-11-9-10-12(6-2)15(11,13-7-3)14-8-4/h5-10H2,1-4H3. The third-order valence-electron chi connectivity index (χ3n) is 2.87. The zero-order valence-electron chi connectivity index (χ0n) is 10.5. The van der Waals surface area contributed by atoms with E-state index in [9.17, 15) is 0 Å². The first-order chi connectivity index (χ1) is 7.25. The van der Waals surface area contributed by atoms with E-state index >= 15 is 0 Å². The molecule has 0 N–H and O–H groups in total. The molecule has 5 heteroatoms. The maximum Gasteiger partial charge on any atom is 0.522 e. The van der Waals surface area contributed by atoms with E-state index < -0.39 is 8.88 Å². The minimum absolute atomic E-state index is 0.735. The third kappa shape index (κ3) is 2.42. The molecule has 90 valence electrons. The lowest BCUT2D eigenvalue weighted by atomic mass is 10.6. The van der Waals surface area contributed by atoms with Gasteiger partial charge in [-0.3, -0.25) is 9.13 Å². The van der Waals surface area contributed by atoms with Crippen molar-refractivity contribution < 1.29 is 8.85 Å². The van der Waals surface area contributed by atoms with Crippen LogP contribution in [0, 0.1) is 0 Å². The highest BCUT2D eigenvalue weighted by atomic mass is 28.4. The molecular formula is C10H24N2O2Si. The first-order valence-electron chi connectivity index (χ1n) is 6.03. The Labute approximate surface area is 94.6 Å². The number of rotatable bonds is 6. The van der Waals surface area contributed by atoms with E-state index in [1.807, 2.05) is 13.8 Å². The summed E-state index contributed by atoms with van der Waals surface area (Å²) in [4.78, 5) is 0. The summed E-state index contributed by atoms with van der Waals surface area (Å²) < 4.78 is 16.8. The topological polar surface area (TPSA) is 24.9 Å². The second kappa shape index (κ2) is 5.96. The summed E-state index contributed by atoms with van der Waals surface area (Å²) in [5.41, 5.74) is 0. The Morgan fingerprint density at radius 2 is 1.27 bits per heavy atom. The smallest absolute Gasteiger partial charge is 0.371 e. The molecule has 1 saturated heterocycles. The number of hydrogen-bond acceptors (Lipinski definition) is 4. The molecule has 0 amide bonds. The molecule has 15 heavy (non-hydrogen) atoms. The van der Waals surface area contributed by atoms with Gasteiger partial charge in [-0.2, -0.15) is 0 Å². The van der Waals surface area contributed by atoms with E-state index in [0.717, 1.165) is 39.4 Å². The van der Waals surface area contributed by atoms with Crippen LogP contribution in [0.5, 0.6) is 0 Å². The highest BCUT2D eigenvalue weighted by Gasteiger charge is 2.54. The predicted octanol–water partition coefficient (Wildman–Crippen LogP) is 1.15. The van der Waals surface area contributed by atoms with Gasteiger partial charge in [0, 0.05) is 26.3 Å². The summed E-state index contributed by atoms with van der Waals surface area (Å²) in [6.07, 6.45) is 0. The van der Waals surface area contributed by atoms with Gasteiger partial charge in [0.05, 0.1) is 0 Å². The molecule has 0 radical (unpaired) electrons. The number of hydrogen-bond donors (Lipinski definition) is 0. The molecule has 1 fully saturated rings. The molecule has 1 aliphatic rings. The van der Waals surface area contributed by atoms with E-state index in [-0.39, 0.29) is 0 Å². The van der Waals surface area contributed by atoms with Crippen LogP contribution in [-0.4, -0.2) is 57.4 Å². The lowest BCUT2D eigenvalue weighted by molar-refractivity contribution is 0.0990. The molecule has 1 heterocycles. The van der Waals surface area contributed by atoms with Crippen molar-refractivity contribution in [3.05, 3.63) is 0 Å². The lowest BCUT2D eigenvalue weighted by Gasteiger charge is -2.37. The van der Waals surface area contributed by atoms with Gasteiger partial charge in [0.2, 0.25) is 0 Å². The van der Waals surface area contributed by atoms with Crippen LogP contribution in [0.1, 0.15) is 27.7 Å². The van der Waals surface area contributed by atoms with Crippen LogP contribution in [0.2, 0.25) is 0 Å².